The zero-order valence-electron chi connectivity index (χ0n) is 18.0. The van der Waals surface area contributed by atoms with E-state index in [-0.39, 0.29) is 22.8 Å². The van der Waals surface area contributed by atoms with Crippen LogP contribution in [0.15, 0.2) is 47.4 Å². The van der Waals surface area contributed by atoms with Gasteiger partial charge in [0.1, 0.15) is 5.75 Å². The molecule has 5 nitrogen and oxygen atoms in total. The molecule has 29 heavy (non-hydrogen) atoms. The molecule has 0 bridgehead atoms. The summed E-state index contributed by atoms with van der Waals surface area (Å²) < 4.78 is 29.3. The Balaban J connectivity index is 2.12. The quantitative estimate of drug-likeness (QED) is 0.684. The van der Waals surface area contributed by atoms with E-state index in [4.69, 9.17) is 4.74 Å². The Kier molecular flexibility index (Phi) is 7.47. The molecule has 0 radical (unpaired) electrons. The lowest BCUT2D eigenvalue weighted by atomic mass is 10.0. The van der Waals surface area contributed by atoms with E-state index < -0.39 is 15.9 Å². The van der Waals surface area contributed by atoms with Crippen LogP contribution in [0.25, 0.3) is 0 Å². The highest BCUT2D eigenvalue weighted by Gasteiger charge is 2.21. The number of hydrogen-bond acceptors (Lipinski definition) is 4. The summed E-state index contributed by atoms with van der Waals surface area (Å²) in [6.45, 7) is 9.89. The van der Waals surface area contributed by atoms with Crippen LogP contribution >= 0.6 is 0 Å². The predicted molar refractivity (Wildman–Crippen MR) is 116 cm³/mol. The van der Waals surface area contributed by atoms with Crippen molar-refractivity contribution >= 4 is 15.7 Å². The fourth-order valence-corrected chi connectivity index (χ4v) is 3.75. The number of amides is 1. The molecular weight excluding hydrogens is 386 g/mol. The first-order chi connectivity index (χ1) is 13.5. The molecule has 2 aromatic rings. The van der Waals surface area contributed by atoms with Gasteiger partial charge in [0.2, 0.25) is 0 Å². The minimum atomic E-state index is -3.25. The van der Waals surface area contributed by atoms with Gasteiger partial charge >= 0.3 is 0 Å². The summed E-state index contributed by atoms with van der Waals surface area (Å²) in [4.78, 5) is 13.0. The topological polar surface area (TPSA) is 72.5 Å². The second-order valence-electron chi connectivity index (χ2n) is 7.77. The molecule has 2 aromatic carbocycles. The summed E-state index contributed by atoms with van der Waals surface area (Å²) >= 11 is 0. The van der Waals surface area contributed by atoms with Gasteiger partial charge in [0, 0.05) is 6.26 Å². The molecule has 6 heteroatoms. The molecule has 0 aliphatic rings. The molecule has 1 N–H and O–H groups in total. The summed E-state index contributed by atoms with van der Waals surface area (Å²) in [5, 5.41) is 3.01. The number of benzene rings is 2. The van der Waals surface area contributed by atoms with E-state index in [1.165, 1.54) is 6.26 Å². The summed E-state index contributed by atoms with van der Waals surface area (Å²) in [7, 11) is -3.25. The molecule has 0 heterocycles. The maximum atomic E-state index is 12.8. The van der Waals surface area contributed by atoms with Crippen LogP contribution in [0.5, 0.6) is 5.75 Å². The van der Waals surface area contributed by atoms with Crippen LogP contribution < -0.4 is 10.1 Å². The zero-order chi connectivity index (χ0) is 21.8. The third-order valence-electron chi connectivity index (χ3n) is 4.90. The predicted octanol–water partition coefficient (Wildman–Crippen LogP) is 4.56. The first-order valence-electron chi connectivity index (χ1n) is 9.90. The third kappa shape index (κ3) is 6.07. The van der Waals surface area contributed by atoms with Gasteiger partial charge in [-0.25, -0.2) is 8.42 Å². The van der Waals surface area contributed by atoms with Gasteiger partial charge in [-0.2, -0.15) is 0 Å². The third-order valence-corrected chi connectivity index (χ3v) is 6.03. The van der Waals surface area contributed by atoms with E-state index in [9.17, 15) is 13.2 Å². The van der Waals surface area contributed by atoms with Crippen LogP contribution in [0.2, 0.25) is 0 Å². The number of ether oxygens (including phenoxy) is 1. The van der Waals surface area contributed by atoms with Gasteiger partial charge in [0.05, 0.1) is 10.9 Å². The Morgan fingerprint density at radius 1 is 1.07 bits per heavy atom. The van der Waals surface area contributed by atoms with Crippen molar-refractivity contribution in [3.63, 3.8) is 0 Å². The Morgan fingerprint density at radius 2 is 1.69 bits per heavy atom. The largest absolute Gasteiger partial charge is 0.481 e. The number of sulfone groups is 1. The second kappa shape index (κ2) is 9.44. The summed E-state index contributed by atoms with van der Waals surface area (Å²) in [5.74, 6) is 0.811. The highest BCUT2D eigenvalue weighted by molar-refractivity contribution is 7.90. The van der Waals surface area contributed by atoms with Gasteiger partial charge in [-0.3, -0.25) is 4.79 Å². The molecule has 0 aromatic heterocycles. The van der Waals surface area contributed by atoms with E-state index in [0.29, 0.717) is 6.42 Å². The van der Waals surface area contributed by atoms with Crippen molar-refractivity contribution in [1.29, 1.82) is 0 Å². The van der Waals surface area contributed by atoms with E-state index in [0.717, 1.165) is 22.4 Å². The van der Waals surface area contributed by atoms with E-state index in [1.54, 1.807) is 31.2 Å². The van der Waals surface area contributed by atoms with Gasteiger partial charge in [0.15, 0.2) is 15.9 Å². The van der Waals surface area contributed by atoms with Crippen molar-refractivity contribution < 1.29 is 17.9 Å². The van der Waals surface area contributed by atoms with Gasteiger partial charge in [0.25, 0.3) is 5.91 Å². The van der Waals surface area contributed by atoms with Gasteiger partial charge < -0.3 is 10.1 Å². The van der Waals surface area contributed by atoms with Crippen LogP contribution in [0, 0.1) is 6.92 Å². The van der Waals surface area contributed by atoms with Gasteiger partial charge in [-0.05, 0) is 61.1 Å². The molecule has 0 unspecified atom stereocenters. The first-order valence-corrected chi connectivity index (χ1v) is 11.8. The van der Waals surface area contributed by atoms with Crippen LogP contribution in [0.4, 0.5) is 0 Å². The molecule has 0 fully saturated rings. The molecule has 158 valence electrons. The van der Waals surface area contributed by atoms with Crippen molar-refractivity contribution in [1.82, 2.24) is 5.32 Å². The van der Waals surface area contributed by atoms with Crippen molar-refractivity contribution in [3.8, 4) is 5.75 Å². The van der Waals surface area contributed by atoms with Gasteiger partial charge in [-0.1, -0.05) is 45.0 Å². The number of rotatable bonds is 8. The highest BCUT2D eigenvalue weighted by Crippen LogP contribution is 2.28. The first kappa shape index (κ1) is 22.9. The molecular formula is C23H31NO4S. The van der Waals surface area contributed by atoms with Crippen LogP contribution in [-0.2, 0) is 14.6 Å². The minimum Gasteiger partial charge on any atom is -0.481 e. The van der Waals surface area contributed by atoms with Crippen LogP contribution in [0.1, 0.15) is 62.8 Å². The molecule has 2 atom stereocenters. The average Bonchev–Trinajstić information content (AvgIpc) is 2.65. The normalized spacial score (nSPS) is 13.8. The van der Waals surface area contributed by atoms with Crippen molar-refractivity contribution in [3.05, 3.63) is 59.2 Å². The number of carbonyl (C=O) groups excluding carboxylic acids is 1. The lowest BCUT2D eigenvalue weighted by molar-refractivity contribution is -0.128. The maximum Gasteiger partial charge on any atom is 0.261 e. The van der Waals surface area contributed by atoms with Crippen molar-refractivity contribution in [2.24, 2.45) is 0 Å². The minimum absolute atomic E-state index is 0.208. The Labute approximate surface area is 174 Å². The Morgan fingerprint density at radius 3 is 2.21 bits per heavy atom. The average molecular weight is 418 g/mol. The zero-order valence-corrected chi connectivity index (χ0v) is 18.8. The Hall–Kier alpha value is -2.34. The van der Waals surface area contributed by atoms with Gasteiger partial charge in [-0.15, -0.1) is 0 Å². The molecule has 0 saturated heterocycles. The number of aryl methyl sites for hydroxylation is 1. The van der Waals surface area contributed by atoms with E-state index in [1.807, 2.05) is 32.0 Å². The molecule has 0 saturated carbocycles. The van der Waals surface area contributed by atoms with Crippen LogP contribution in [-0.4, -0.2) is 26.7 Å². The second-order valence-corrected chi connectivity index (χ2v) is 9.78. The summed E-state index contributed by atoms with van der Waals surface area (Å²) in [6.07, 6.45) is 1.20. The molecule has 0 aliphatic heterocycles. The molecule has 0 aliphatic carbocycles. The number of carbonyl (C=O) groups is 1. The monoisotopic (exact) mass is 417 g/mol. The summed E-state index contributed by atoms with van der Waals surface area (Å²) in [5.41, 5.74) is 3.01. The SMILES string of the molecule is CC[C@H](NC(=O)[C@@H](C)Oc1cc(C)ccc1C(C)C)c1ccc(S(C)(=O)=O)cc1. The fraction of sp³-hybridized carbons (Fsp3) is 0.435. The van der Waals surface area contributed by atoms with Crippen molar-refractivity contribution in [2.45, 2.75) is 64.0 Å². The van der Waals surface area contributed by atoms with Crippen molar-refractivity contribution in [2.75, 3.05) is 6.26 Å². The molecule has 2 rings (SSSR count). The number of nitrogens with one attached hydrogen (secondary N) is 1. The molecule has 0 spiro atoms. The lowest BCUT2D eigenvalue weighted by Gasteiger charge is -2.23. The number of hydrogen-bond donors (Lipinski definition) is 1. The molecule has 1 amide bonds. The fourth-order valence-electron chi connectivity index (χ4n) is 3.12. The van der Waals surface area contributed by atoms with E-state index >= 15 is 0 Å². The van der Waals surface area contributed by atoms with E-state index in [2.05, 4.69) is 19.2 Å². The standard InChI is InChI=1S/C23H31NO4S/c1-7-21(18-9-11-19(12-10-18)29(6,26)27)24-23(25)17(5)28-22-14-16(4)8-13-20(22)15(2)3/h8-15,17,21H,7H2,1-6H3,(H,24,25)/t17-,21+/m1/s1. The van der Waals surface area contributed by atoms with Crippen LogP contribution in [0.3, 0.4) is 0 Å². The Bertz CT molecular complexity index is 949. The highest BCUT2D eigenvalue weighted by atomic mass is 32.2. The maximum absolute atomic E-state index is 12.8. The lowest BCUT2D eigenvalue weighted by Crippen LogP contribution is -2.38. The smallest absolute Gasteiger partial charge is 0.261 e. The summed E-state index contributed by atoms with van der Waals surface area (Å²) in [6, 6.07) is 12.5.